The van der Waals surface area contributed by atoms with Crippen LogP contribution in [0.15, 0.2) is 12.4 Å². The second-order valence-corrected chi connectivity index (χ2v) is 4.55. The lowest BCUT2D eigenvalue weighted by atomic mass is 10.1. The largest absolute Gasteiger partial charge is 0.433 e. The third-order valence-electron chi connectivity index (χ3n) is 2.86. The number of nitriles is 1. The molecule has 0 aliphatic carbocycles. The molecular formula is C13H15N5O. The number of ether oxygens (including phenoxy) is 1. The molecule has 6 nitrogen and oxygen atoms in total. The van der Waals surface area contributed by atoms with Crippen LogP contribution in [0.5, 0.6) is 11.6 Å². The van der Waals surface area contributed by atoms with Crippen molar-refractivity contribution in [2.45, 2.75) is 33.7 Å². The molecule has 6 heteroatoms. The summed E-state index contributed by atoms with van der Waals surface area (Å²) in [6, 6.07) is 2.35. The maximum Gasteiger partial charge on any atom is 0.257 e. The standard InChI is InChI=1S/C13H15N5O/c1-8(2)18-7-11(6-15-18)19-13-12(5-14)9(3)10(4)16-17-13/h6-8H,1-4H3. The SMILES string of the molecule is Cc1nnc(Oc2cnn(C(C)C)c2)c(C#N)c1C. The summed E-state index contributed by atoms with van der Waals surface area (Å²) in [5.41, 5.74) is 1.91. The first-order valence-electron chi connectivity index (χ1n) is 5.99. The second kappa shape index (κ2) is 5.06. The van der Waals surface area contributed by atoms with Crippen LogP contribution in [0.25, 0.3) is 0 Å². The summed E-state index contributed by atoms with van der Waals surface area (Å²) in [5, 5.41) is 21.2. The summed E-state index contributed by atoms with van der Waals surface area (Å²) < 4.78 is 7.36. The van der Waals surface area contributed by atoms with E-state index in [2.05, 4.69) is 21.4 Å². The van der Waals surface area contributed by atoms with Gasteiger partial charge in [0.05, 0.1) is 18.1 Å². The second-order valence-electron chi connectivity index (χ2n) is 4.55. The maximum atomic E-state index is 9.18. The molecule has 0 N–H and O–H groups in total. The fourth-order valence-corrected chi connectivity index (χ4v) is 1.56. The molecule has 0 spiro atoms. The molecule has 2 rings (SSSR count). The van der Waals surface area contributed by atoms with Gasteiger partial charge in [-0.2, -0.15) is 15.5 Å². The molecule has 0 unspecified atom stereocenters. The minimum atomic E-state index is 0.217. The van der Waals surface area contributed by atoms with Crippen LogP contribution in [-0.2, 0) is 0 Å². The Morgan fingerprint density at radius 1 is 1.32 bits per heavy atom. The van der Waals surface area contributed by atoms with Gasteiger partial charge in [0, 0.05) is 6.04 Å². The Balaban J connectivity index is 2.33. The first kappa shape index (κ1) is 13.0. The summed E-state index contributed by atoms with van der Waals surface area (Å²) in [6.45, 7) is 7.68. The Morgan fingerprint density at radius 2 is 2.05 bits per heavy atom. The molecule has 0 bridgehead atoms. The molecule has 0 radical (unpaired) electrons. The van der Waals surface area contributed by atoms with Gasteiger partial charge in [0.2, 0.25) is 0 Å². The number of aromatic nitrogens is 4. The molecule has 0 aliphatic heterocycles. The van der Waals surface area contributed by atoms with Crippen LogP contribution >= 0.6 is 0 Å². The van der Waals surface area contributed by atoms with Crippen molar-refractivity contribution in [3.8, 4) is 17.7 Å². The Bertz CT molecular complexity index is 639. The summed E-state index contributed by atoms with van der Waals surface area (Å²) >= 11 is 0. The average Bonchev–Trinajstić information content (AvgIpc) is 2.83. The van der Waals surface area contributed by atoms with Crippen molar-refractivity contribution in [1.82, 2.24) is 20.0 Å². The summed E-state index contributed by atoms with van der Waals surface area (Å²) in [7, 11) is 0. The quantitative estimate of drug-likeness (QED) is 0.844. The molecule has 0 atom stereocenters. The van der Waals surface area contributed by atoms with Crippen molar-refractivity contribution < 1.29 is 4.74 Å². The fourth-order valence-electron chi connectivity index (χ4n) is 1.56. The predicted molar refractivity (Wildman–Crippen MR) is 68.9 cm³/mol. The van der Waals surface area contributed by atoms with Crippen LogP contribution in [0.2, 0.25) is 0 Å². The van der Waals surface area contributed by atoms with Crippen LogP contribution in [0.3, 0.4) is 0 Å². The van der Waals surface area contributed by atoms with Gasteiger partial charge in [0.25, 0.3) is 5.88 Å². The zero-order valence-corrected chi connectivity index (χ0v) is 11.4. The molecule has 0 saturated carbocycles. The van der Waals surface area contributed by atoms with E-state index < -0.39 is 0 Å². The minimum absolute atomic E-state index is 0.217. The highest BCUT2D eigenvalue weighted by Gasteiger charge is 2.14. The normalized spacial score (nSPS) is 10.5. The lowest BCUT2D eigenvalue weighted by Crippen LogP contribution is -2.01. The zero-order valence-electron chi connectivity index (χ0n) is 11.4. The van der Waals surface area contributed by atoms with E-state index in [4.69, 9.17) is 4.74 Å². The molecular weight excluding hydrogens is 242 g/mol. The number of rotatable bonds is 3. The van der Waals surface area contributed by atoms with Crippen LogP contribution in [0.1, 0.15) is 36.7 Å². The number of nitrogens with zero attached hydrogens (tertiary/aromatic N) is 5. The van der Waals surface area contributed by atoms with Crippen LogP contribution in [-0.4, -0.2) is 20.0 Å². The highest BCUT2D eigenvalue weighted by Crippen LogP contribution is 2.25. The monoisotopic (exact) mass is 257 g/mol. The van der Waals surface area contributed by atoms with Gasteiger partial charge < -0.3 is 4.74 Å². The minimum Gasteiger partial charge on any atom is -0.433 e. The van der Waals surface area contributed by atoms with Crippen LogP contribution in [0, 0.1) is 25.2 Å². The molecule has 0 aliphatic rings. The van der Waals surface area contributed by atoms with E-state index in [0.29, 0.717) is 11.3 Å². The smallest absolute Gasteiger partial charge is 0.257 e. The van der Waals surface area contributed by atoms with E-state index in [1.807, 2.05) is 27.7 Å². The first-order chi connectivity index (χ1) is 9.02. The topological polar surface area (TPSA) is 76.6 Å². The molecule has 2 aromatic heterocycles. The molecule has 0 fully saturated rings. The van der Waals surface area contributed by atoms with Crippen LogP contribution in [0.4, 0.5) is 0 Å². The highest BCUT2D eigenvalue weighted by atomic mass is 16.5. The van der Waals surface area contributed by atoms with Crippen molar-refractivity contribution in [3.05, 3.63) is 29.2 Å². The molecule has 98 valence electrons. The van der Waals surface area contributed by atoms with Crippen molar-refractivity contribution in [2.24, 2.45) is 0 Å². The lowest BCUT2D eigenvalue weighted by Gasteiger charge is -2.07. The van der Waals surface area contributed by atoms with Crippen molar-refractivity contribution in [3.63, 3.8) is 0 Å². The van der Waals surface area contributed by atoms with Crippen molar-refractivity contribution in [2.75, 3.05) is 0 Å². The maximum absolute atomic E-state index is 9.18. The molecule has 0 amide bonds. The van der Waals surface area contributed by atoms with Crippen LogP contribution < -0.4 is 4.74 Å². The molecule has 19 heavy (non-hydrogen) atoms. The Labute approximate surface area is 111 Å². The van der Waals surface area contributed by atoms with Gasteiger partial charge in [-0.1, -0.05) is 0 Å². The van der Waals surface area contributed by atoms with E-state index in [1.54, 1.807) is 17.1 Å². The van der Waals surface area contributed by atoms with Gasteiger partial charge in [-0.05, 0) is 33.3 Å². The highest BCUT2D eigenvalue weighted by molar-refractivity contribution is 5.46. The predicted octanol–water partition coefficient (Wildman–Crippen LogP) is 2.53. The van der Waals surface area contributed by atoms with E-state index in [0.717, 1.165) is 11.3 Å². The van der Waals surface area contributed by atoms with Gasteiger partial charge in [-0.15, -0.1) is 5.10 Å². The average molecular weight is 257 g/mol. The molecule has 2 heterocycles. The number of aryl methyl sites for hydroxylation is 1. The molecule has 0 saturated heterocycles. The van der Waals surface area contributed by atoms with Gasteiger partial charge in [-0.25, -0.2) is 0 Å². The van der Waals surface area contributed by atoms with Gasteiger partial charge in [-0.3, -0.25) is 4.68 Å². The Morgan fingerprint density at radius 3 is 2.63 bits per heavy atom. The van der Waals surface area contributed by atoms with E-state index in [-0.39, 0.29) is 11.9 Å². The first-order valence-corrected chi connectivity index (χ1v) is 5.99. The molecule has 2 aromatic rings. The Hall–Kier alpha value is -2.42. The van der Waals surface area contributed by atoms with Crippen molar-refractivity contribution in [1.29, 1.82) is 5.26 Å². The zero-order chi connectivity index (χ0) is 14.0. The number of hydrogen-bond donors (Lipinski definition) is 0. The fraction of sp³-hybridized carbons (Fsp3) is 0.385. The molecule has 0 aromatic carbocycles. The van der Waals surface area contributed by atoms with Gasteiger partial charge in [0.1, 0.15) is 11.6 Å². The number of hydrogen-bond acceptors (Lipinski definition) is 5. The van der Waals surface area contributed by atoms with E-state index >= 15 is 0 Å². The van der Waals surface area contributed by atoms with Crippen molar-refractivity contribution >= 4 is 0 Å². The third-order valence-corrected chi connectivity index (χ3v) is 2.86. The summed E-state index contributed by atoms with van der Waals surface area (Å²) in [4.78, 5) is 0. The lowest BCUT2D eigenvalue weighted by molar-refractivity contribution is 0.448. The summed E-state index contributed by atoms with van der Waals surface area (Å²) in [5.74, 6) is 0.761. The Kier molecular flexibility index (Phi) is 3.47. The summed E-state index contributed by atoms with van der Waals surface area (Å²) in [6.07, 6.45) is 3.36. The van der Waals surface area contributed by atoms with E-state index in [1.165, 1.54) is 0 Å². The van der Waals surface area contributed by atoms with E-state index in [9.17, 15) is 5.26 Å². The van der Waals surface area contributed by atoms with Gasteiger partial charge in [0.15, 0.2) is 5.75 Å². The van der Waals surface area contributed by atoms with Gasteiger partial charge >= 0.3 is 0 Å². The third kappa shape index (κ3) is 2.55.